The average Bonchev–Trinajstić information content (AvgIpc) is 3.09. The number of hydrogen-bond donors (Lipinski definition) is 1. The summed E-state index contributed by atoms with van der Waals surface area (Å²) in [4.78, 5) is 27.9. The molecule has 1 N–H and O–H groups in total. The van der Waals surface area contributed by atoms with Gasteiger partial charge in [0.25, 0.3) is 0 Å². The van der Waals surface area contributed by atoms with Crippen molar-refractivity contribution in [3.63, 3.8) is 0 Å². The first-order valence-corrected chi connectivity index (χ1v) is 9.04. The Labute approximate surface area is 159 Å². The molecule has 5 nitrogen and oxygen atoms in total. The maximum atomic E-state index is 11.9. The Balaban J connectivity index is 0.000000228. The van der Waals surface area contributed by atoms with Gasteiger partial charge in [0.1, 0.15) is 6.29 Å². The van der Waals surface area contributed by atoms with Gasteiger partial charge in [0.15, 0.2) is 0 Å². The molecule has 1 aromatic carbocycles. The first kappa shape index (κ1) is 20.1. The first-order valence-electron chi connectivity index (χ1n) is 8.66. The van der Waals surface area contributed by atoms with Crippen LogP contribution in [0.15, 0.2) is 48.7 Å². The molecule has 0 radical (unpaired) electrons. The maximum Gasteiger partial charge on any atom is 0.237 e. The summed E-state index contributed by atoms with van der Waals surface area (Å²) in [5.74, 6) is 0.125. The molecule has 1 unspecified atom stereocenters. The van der Waals surface area contributed by atoms with E-state index in [1.54, 1.807) is 6.20 Å². The van der Waals surface area contributed by atoms with Gasteiger partial charge in [-0.3, -0.25) is 14.7 Å². The van der Waals surface area contributed by atoms with Crippen LogP contribution >= 0.6 is 11.6 Å². The Kier molecular flexibility index (Phi) is 8.25. The fraction of sp³-hybridized carbons (Fsp3) is 0.350. The molecular formula is C20H24ClN3O2. The van der Waals surface area contributed by atoms with Crippen molar-refractivity contribution < 1.29 is 9.59 Å². The van der Waals surface area contributed by atoms with Crippen LogP contribution in [0.1, 0.15) is 24.1 Å². The van der Waals surface area contributed by atoms with Gasteiger partial charge in [0.2, 0.25) is 5.91 Å². The molecule has 26 heavy (non-hydrogen) atoms. The highest BCUT2D eigenvalue weighted by molar-refractivity contribution is 6.30. The number of likely N-dealkylation sites (N-methyl/N-ethyl adjacent to an activating group) is 1. The molecule has 6 heteroatoms. The highest BCUT2D eigenvalue weighted by Crippen LogP contribution is 2.15. The van der Waals surface area contributed by atoms with Gasteiger partial charge in [0.05, 0.1) is 6.04 Å². The number of carbonyl (C=O) groups is 2. The molecule has 1 atom stereocenters. The van der Waals surface area contributed by atoms with Crippen LogP contribution in [0, 0.1) is 0 Å². The topological polar surface area (TPSA) is 62.3 Å². The molecule has 3 rings (SSSR count). The lowest BCUT2D eigenvalue weighted by Crippen LogP contribution is -2.41. The zero-order valence-corrected chi connectivity index (χ0v) is 15.7. The minimum atomic E-state index is 0.0438. The minimum absolute atomic E-state index is 0.0438. The number of hydrogen-bond acceptors (Lipinski definition) is 4. The Hall–Kier alpha value is -2.24. The van der Waals surface area contributed by atoms with Crippen LogP contribution < -0.4 is 5.32 Å². The van der Waals surface area contributed by atoms with Crippen molar-refractivity contribution in [2.24, 2.45) is 0 Å². The molecule has 1 aliphatic rings. The summed E-state index contributed by atoms with van der Waals surface area (Å²) in [6.07, 6.45) is 5.01. The predicted molar refractivity (Wildman–Crippen MR) is 103 cm³/mol. The van der Waals surface area contributed by atoms with Crippen LogP contribution in [0.2, 0.25) is 5.02 Å². The highest BCUT2D eigenvalue weighted by atomic mass is 35.5. The summed E-state index contributed by atoms with van der Waals surface area (Å²) < 4.78 is 0. The van der Waals surface area contributed by atoms with Gasteiger partial charge in [0, 0.05) is 29.9 Å². The third-order valence-electron chi connectivity index (χ3n) is 4.22. The van der Waals surface area contributed by atoms with Gasteiger partial charge < -0.3 is 10.1 Å². The van der Waals surface area contributed by atoms with Gasteiger partial charge >= 0.3 is 0 Å². The SMILES string of the molecule is CN1CCCC1C(=O)NCc1ccc(Cl)cc1.O=CCc1ccccn1. The molecular weight excluding hydrogens is 350 g/mol. The van der Waals surface area contributed by atoms with E-state index in [1.165, 1.54) is 0 Å². The van der Waals surface area contributed by atoms with Crippen LogP contribution in [0.5, 0.6) is 0 Å². The molecule has 2 aromatic rings. The number of likely N-dealkylation sites (tertiary alicyclic amines) is 1. The van der Waals surface area contributed by atoms with Crippen molar-refractivity contribution in [1.29, 1.82) is 0 Å². The number of benzene rings is 1. The van der Waals surface area contributed by atoms with Crippen LogP contribution in [-0.2, 0) is 22.6 Å². The normalized spacial score (nSPS) is 16.5. The molecule has 0 saturated carbocycles. The van der Waals surface area contributed by atoms with Crippen LogP contribution in [0.25, 0.3) is 0 Å². The lowest BCUT2D eigenvalue weighted by Gasteiger charge is -2.18. The summed E-state index contributed by atoms with van der Waals surface area (Å²) in [5, 5.41) is 3.69. The van der Waals surface area contributed by atoms with E-state index in [4.69, 9.17) is 11.6 Å². The van der Waals surface area contributed by atoms with Crippen molar-refractivity contribution >= 4 is 23.8 Å². The van der Waals surface area contributed by atoms with Gasteiger partial charge in [-0.25, -0.2) is 0 Å². The fourth-order valence-electron chi connectivity index (χ4n) is 2.76. The zero-order chi connectivity index (χ0) is 18.8. The Morgan fingerprint density at radius 3 is 2.65 bits per heavy atom. The molecule has 1 amide bonds. The lowest BCUT2D eigenvalue weighted by atomic mass is 10.2. The van der Waals surface area contributed by atoms with E-state index in [2.05, 4.69) is 15.2 Å². The second-order valence-electron chi connectivity index (χ2n) is 6.17. The number of carbonyl (C=O) groups excluding carboxylic acids is 2. The monoisotopic (exact) mass is 373 g/mol. The minimum Gasteiger partial charge on any atom is -0.351 e. The largest absolute Gasteiger partial charge is 0.351 e. The van der Waals surface area contributed by atoms with Crippen LogP contribution in [-0.4, -0.2) is 41.7 Å². The second-order valence-corrected chi connectivity index (χ2v) is 6.61. The quantitative estimate of drug-likeness (QED) is 0.818. The Morgan fingerprint density at radius 2 is 2.08 bits per heavy atom. The van der Waals surface area contributed by atoms with Gasteiger partial charge in [-0.15, -0.1) is 0 Å². The van der Waals surface area contributed by atoms with Crippen LogP contribution in [0.4, 0.5) is 0 Å². The zero-order valence-electron chi connectivity index (χ0n) is 14.9. The molecule has 1 aliphatic heterocycles. The average molecular weight is 374 g/mol. The molecule has 1 aromatic heterocycles. The van der Waals surface area contributed by atoms with Crippen molar-refractivity contribution in [2.45, 2.75) is 31.8 Å². The van der Waals surface area contributed by atoms with E-state index in [0.717, 1.165) is 42.0 Å². The Bertz CT molecular complexity index is 692. The summed E-state index contributed by atoms with van der Waals surface area (Å²) >= 11 is 5.80. The number of aromatic nitrogens is 1. The molecule has 1 fully saturated rings. The molecule has 1 saturated heterocycles. The number of halogens is 1. The molecule has 2 heterocycles. The summed E-state index contributed by atoms with van der Waals surface area (Å²) in [5.41, 5.74) is 1.90. The van der Waals surface area contributed by atoms with Crippen molar-refractivity contribution in [1.82, 2.24) is 15.2 Å². The second kappa shape index (κ2) is 10.7. The first-order chi connectivity index (χ1) is 12.6. The Morgan fingerprint density at radius 1 is 1.31 bits per heavy atom. The van der Waals surface area contributed by atoms with E-state index >= 15 is 0 Å². The van der Waals surface area contributed by atoms with E-state index < -0.39 is 0 Å². The van der Waals surface area contributed by atoms with Gasteiger partial charge in [-0.05, 0) is 56.3 Å². The maximum absolute atomic E-state index is 11.9. The number of nitrogens with one attached hydrogen (secondary N) is 1. The molecule has 0 aliphatic carbocycles. The molecule has 0 bridgehead atoms. The van der Waals surface area contributed by atoms with E-state index in [9.17, 15) is 9.59 Å². The standard InChI is InChI=1S/C13H17ClN2O.C7H7NO/c1-16-8-2-3-12(16)13(17)15-9-10-4-6-11(14)7-5-10;9-6-4-7-3-1-2-5-8-7/h4-7,12H,2-3,8-9H2,1H3,(H,15,17);1-3,5-6H,4H2. The van der Waals surface area contributed by atoms with Crippen LogP contribution in [0.3, 0.4) is 0 Å². The van der Waals surface area contributed by atoms with Crippen molar-refractivity contribution in [3.05, 3.63) is 64.9 Å². The number of nitrogens with zero attached hydrogens (tertiary/aromatic N) is 2. The predicted octanol–water partition coefficient (Wildman–Crippen LogP) is 2.87. The van der Waals surface area contributed by atoms with Crippen molar-refractivity contribution in [2.75, 3.05) is 13.6 Å². The molecule has 0 spiro atoms. The van der Waals surface area contributed by atoms with Gasteiger partial charge in [-0.2, -0.15) is 0 Å². The van der Waals surface area contributed by atoms with Gasteiger partial charge in [-0.1, -0.05) is 29.8 Å². The highest BCUT2D eigenvalue weighted by Gasteiger charge is 2.27. The van der Waals surface area contributed by atoms with E-state index in [0.29, 0.717) is 13.0 Å². The summed E-state index contributed by atoms with van der Waals surface area (Å²) in [6, 6.07) is 13.1. The van der Waals surface area contributed by atoms with E-state index in [-0.39, 0.29) is 11.9 Å². The third-order valence-corrected chi connectivity index (χ3v) is 4.47. The smallest absolute Gasteiger partial charge is 0.237 e. The fourth-order valence-corrected chi connectivity index (χ4v) is 2.88. The number of amides is 1. The lowest BCUT2D eigenvalue weighted by molar-refractivity contribution is -0.125. The number of pyridine rings is 1. The number of aldehydes is 1. The summed E-state index contributed by atoms with van der Waals surface area (Å²) in [6.45, 7) is 1.58. The third kappa shape index (κ3) is 6.58. The number of rotatable bonds is 5. The molecule has 138 valence electrons. The van der Waals surface area contributed by atoms with E-state index in [1.807, 2.05) is 49.5 Å². The summed E-state index contributed by atoms with van der Waals surface area (Å²) in [7, 11) is 2.00. The van der Waals surface area contributed by atoms with Crippen molar-refractivity contribution in [3.8, 4) is 0 Å².